The fourth-order valence-corrected chi connectivity index (χ4v) is 5.66. The van der Waals surface area contributed by atoms with Crippen LogP contribution in [0.5, 0.6) is 0 Å². The zero-order valence-electron chi connectivity index (χ0n) is 21.6. The third-order valence-corrected chi connectivity index (χ3v) is 8.12. The fraction of sp³-hybridized carbons (Fsp3) is 0.214. The number of nitrogens with one attached hydrogen (secondary N) is 1. The lowest BCUT2D eigenvalue weighted by atomic mass is 10.1. The molecule has 1 aliphatic heterocycles. The van der Waals surface area contributed by atoms with E-state index in [4.69, 9.17) is 11.6 Å². The number of sulfonamides is 1. The number of rotatable bonds is 7. The molecule has 2 aromatic carbocycles. The van der Waals surface area contributed by atoms with Crippen molar-refractivity contribution in [3.8, 4) is 0 Å². The van der Waals surface area contributed by atoms with Crippen LogP contribution in [-0.4, -0.2) is 67.9 Å². The van der Waals surface area contributed by atoms with Crippen LogP contribution in [0.25, 0.3) is 10.9 Å². The Labute approximate surface area is 232 Å². The molecule has 2 heterocycles. The van der Waals surface area contributed by atoms with Gasteiger partial charge in [-0.1, -0.05) is 35.9 Å². The Balaban J connectivity index is 1.44. The Morgan fingerprint density at radius 2 is 1.77 bits per heavy atom. The number of carbonyl (C=O) groups excluding carboxylic acids is 2. The van der Waals surface area contributed by atoms with Crippen molar-refractivity contribution in [3.63, 3.8) is 0 Å². The molecule has 1 saturated heterocycles. The van der Waals surface area contributed by atoms with Crippen molar-refractivity contribution in [1.29, 1.82) is 0 Å². The molecule has 202 valence electrons. The van der Waals surface area contributed by atoms with Crippen molar-refractivity contribution in [2.45, 2.75) is 18.7 Å². The van der Waals surface area contributed by atoms with Crippen LogP contribution < -0.4 is 4.72 Å². The number of pyridine rings is 1. The maximum Gasteiger partial charge on any atom is 0.272 e. The molecule has 0 bridgehead atoms. The predicted octanol–water partition coefficient (Wildman–Crippen LogP) is 4.36. The Morgan fingerprint density at radius 3 is 2.44 bits per heavy atom. The third kappa shape index (κ3) is 6.18. The van der Waals surface area contributed by atoms with Crippen molar-refractivity contribution in [3.05, 3.63) is 88.7 Å². The summed E-state index contributed by atoms with van der Waals surface area (Å²) in [7, 11) is -3.92. The normalized spacial score (nSPS) is 14.8. The van der Waals surface area contributed by atoms with Crippen molar-refractivity contribution in [2.75, 3.05) is 30.9 Å². The molecule has 0 spiro atoms. The van der Waals surface area contributed by atoms with Gasteiger partial charge in [-0.2, -0.15) is 0 Å². The topological polar surface area (TPSA) is 112 Å². The molecule has 1 N–H and O–H groups in total. The maximum absolute atomic E-state index is 13.2. The highest BCUT2D eigenvalue weighted by atomic mass is 35.5. The Morgan fingerprint density at radius 1 is 1.08 bits per heavy atom. The number of hydrogen-bond acceptors (Lipinski definition) is 6. The lowest BCUT2D eigenvalue weighted by Crippen LogP contribution is -2.50. The highest BCUT2D eigenvalue weighted by Crippen LogP contribution is 2.26. The molecule has 11 heteroatoms. The van der Waals surface area contributed by atoms with E-state index >= 15 is 0 Å². The van der Waals surface area contributed by atoms with Gasteiger partial charge in [0, 0.05) is 48.4 Å². The third-order valence-electron chi connectivity index (χ3n) is 6.40. The van der Waals surface area contributed by atoms with E-state index in [9.17, 15) is 18.0 Å². The van der Waals surface area contributed by atoms with Crippen LogP contribution in [0, 0.1) is 6.92 Å². The van der Waals surface area contributed by atoms with Gasteiger partial charge in [-0.3, -0.25) is 24.3 Å². The first-order chi connectivity index (χ1) is 18.6. The van der Waals surface area contributed by atoms with Crippen LogP contribution in [0.4, 0.5) is 5.69 Å². The summed E-state index contributed by atoms with van der Waals surface area (Å²) in [6.07, 6.45) is 4.66. The van der Waals surface area contributed by atoms with E-state index in [1.54, 1.807) is 78.4 Å². The number of amides is 2. The number of aryl methyl sites for hydroxylation is 1. The number of nitrogens with zero attached hydrogens (tertiary/aromatic N) is 4. The van der Waals surface area contributed by atoms with Crippen molar-refractivity contribution in [1.82, 2.24) is 14.8 Å². The minimum Gasteiger partial charge on any atom is -0.335 e. The molecule has 2 amide bonds. The molecular weight excluding hydrogens is 538 g/mol. The van der Waals surface area contributed by atoms with Crippen LogP contribution in [0.1, 0.15) is 22.8 Å². The molecular formula is C28H28ClN5O4S. The van der Waals surface area contributed by atoms with Gasteiger partial charge in [0.25, 0.3) is 21.8 Å². The highest BCUT2D eigenvalue weighted by molar-refractivity contribution is 7.93. The maximum atomic E-state index is 13.2. The average molecular weight is 566 g/mol. The minimum absolute atomic E-state index is 0.0743. The van der Waals surface area contributed by atoms with Crippen LogP contribution >= 0.6 is 11.6 Å². The summed E-state index contributed by atoms with van der Waals surface area (Å²) < 4.78 is 29.0. The quantitative estimate of drug-likeness (QED) is 0.260. The number of para-hydroxylation sites is 1. The zero-order valence-corrected chi connectivity index (χ0v) is 23.2. The summed E-state index contributed by atoms with van der Waals surface area (Å²) in [4.78, 5) is 37.3. The molecule has 1 aromatic heterocycles. The monoisotopic (exact) mass is 565 g/mol. The Bertz CT molecular complexity index is 1600. The first kappa shape index (κ1) is 28.0. The lowest BCUT2D eigenvalue weighted by molar-refractivity contribution is -0.128. The predicted molar refractivity (Wildman–Crippen MR) is 153 cm³/mol. The lowest BCUT2D eigenvalue weighted by Gasteiger charge is -2.35. The fourth-order valence-electron chi connectivity index (χ4n) is 4.25. The molecule has 39 heavy (non-hydrogen) atoms. The Hall–Kier alpha value is -4.02. The van der Waals surface area contributed by atoms with Gasteiger partial charge in [-0.25, -0.2) is 8.42 Å². The number of benzene rings is 2. The number of anilines is 1. The van der Waals surface area contributed by atoms with Crippen molar-refractivity contribution < 1.29 is 18.0 Å². The van der Waals surface area contributed by atoms with E-state index in [1.165, 1.54) is 12.1 Å². The Kier molecular flexibility index (Phi) is 8.47. The molecule has 0 atom stereocenters. The number of halogens is 1. The molecule has 4 rings (SSSR count). The standard InChI is InChI=1S/C28H28ClN5O4S/c1-4-22(29)18-24(30-3)28(36)34-15-13-33(14-16-34)27(35)21-10-11-23(19(2)17-21)32-39(37,38)25-9-5-7-20-8-6-12-31-26(20)25/h4-12,17-18,32H,3,13-16H2,1-2H3/b22-4+,24-18-. The molecule has 0 aliphatic carbocycles. The van der Waals surface area contributed by atoms with Crippen LogP contribution in [0.2, 0.25) is 0 Å². The number of aliphatic imine (C=N–C) groups is 1. The van der Waals surface area contributed by atoms with Crippen molar-refractivity contribution in [2.24, 2.45) is 4.99 Å². The van der Waals surface area contributed by atoms with Gasteiger partial charge in [0.1, 0.15) is 10.6 Å². The van der Waals surface area contributed by atoms with E-state index < -0.39 is 10.0 Å². The van der Waals surface area contributed by atoms with E-state index in [2.05, 4.69) is 21.4 Å². The SMILES string of the molecule is C=N/C(=C\C(Cl)=C/C)C(=O)N1CCN(C(=O)c2ccc(NS(=O)(=O)c3cccc4cccnc34)c(C)c2)CC1. The van der Waals surface area contributed by atoms with Crippen LogP contribution in [0.15, 0.2) is 87.5 Å². The summed E-state index contributed by atoms with van der Waals surface area (Å²) in [5, 5.41) is 1.10. The molecule has 3 aromatic rings. The number of piperazine rings is 1. The molecule has 1 aliphatic rings. The number of carbonyl (C=O) groups is 2. The van der Waals surface area contributed by atoms with Crippen LogP contribution in [-0.2, 0) is 14.8 Å². The zero-order chi connectivity index (χ0) is 28.2. The van der Waals surface area contributed by atoms with Gasteiger partial charge in [0.2, 0.25) is 0 Å². The molecule has 1 fully saturated rings. The first-order valence-corrected chi connectivity index (χ1v) is 14.1. The van der Waals surface area contributed by atoms with Crippen LogP contribution in [0.3, 0.4) is 0 Å². The van der Waals surface area contributed by atoms with Gasteiger partial charge in [-0.15, -0.1) is 0 Å². The highest BCUT2D eigenvalue weighted by Gasteiger charge is 2.27. The minimum atomic E-state index is -3.92. The largest absolute Gasteiger partial charge is 0.335 e. The summed E-state index contributed by atoms with van der Waals surface area (Å²) in [5.74, 6) is -0.501. The van der Waals surface area contributed by atoms with E-state index in [0.29, 0.717) is 53.5 Å². The summed E-state index contributed by atoms with van der Waals surface area (Å²) in [6, 6.07) is 13.3. The van der Waals surface area contributed by atoms with Crippen molar-refractivity contribution >= 4 is 56.7 Å². The van der Waals surface area contributed by atoms with Gasteiger partial charge >= 0.3 is 0 Å². The molecule has 9 nitrogen and oxygen atoms in total. The second-order valence-corrected chi connectivity index (χ2v) is 11.0. The summed E-state index contributed by atoms with van der Waals surface area (Å²) in [5.41, 5.74) is 1.91. The average Bonchev–Trinajstić information content (AvgIpc) is 2.95. The van der Waals surface area contributed by atoms with Gasteiger partial charge < -0.3 is 9.80 Å². The van der Waals surface area contributed by atoms with Gasteiger partial charge in [-0.05, 0) is 62.5 Å². The van der Waals surface area contributed by atoms with E-state index in [-0.39, 0.29) is 22.4 Å². The van der Waals surface area contributed by atoms with Gasteiger partial charge in [0.05, 0.1) is 11.2 Å². The van der Waals surface area contributed by atoms with E-state index in [0.717, 1.165) is 5.39 Å². The molecule has 0 unspecified atom stereocenters. The van der Waals surface area contributed by atoms with Gasteiger partial charge in [0.15, 0.2) is 0 Å². The smallest absolute Gasteiger partial charge is 0.272 e. The second kappa shape index (κ2) is 11.8. The summed E-state index contributed by atoms with van der Waals surface area (Å²) in [6.45, 7) is 8.29. The molecule has 0 radical (unpaired) electrons. The number of hydrogen-bond donors (Lipinski definition) is 1. The molecule has 0 saturated carbocycles. The number of aromatic nitrogens is 1. The summed E-state index contributed by atoms with van der Waals surface area (Å²) >= 11 is 6.00. The number of fused-ring (bicyclic) bond motifs is 1. The second-order valence-electron chi connectivity index (χ2n) is 8.91. The number of allylic oxidation sites excluding steroid dienone is 3. The van der Waals surface area contributed by atoms with E-state index in [1.807, 2.05) is 0 Å². The first-order valence-electron chi connectivity index (χ1n) is 12.2.